The second-order valence-electron chi connectivity index (χ2n) is 12.9. The van der Waals surface area contributed by atoms with Gasteiger partial charge in [-0.3, -0.25) is 14.4 Å². The molecule has 234 valence electrons. The summed E-state index contributed by atoms with van der Waals surface area (Å²) in [4.78, 5) is 43.1. The molecule has 4 aliphatic rings. The van der Waals surface area contributed by atoms with Crippen molar-refractivity contribution in [2.24, 2.45) is 5.92 Å². The second kappa shape index (κ2) is 11.4. The SMILES string of the molecule is CN/C=C(\C=N)c1ccc2c(c1)C(=O)CC1(CCN(C(=O)c3cc(N4CCC(C(=O)O)CC4)c4ccn(C5CC5)c4c3)CC1)O2. The molecule has 10 heteroatoms. The van der Waals surface area contributed by atoms with Crippen molar-refractivity contribution >= 4 is 46.0 Å². The standard InChI is InChI=1S/C35H39N5O5/c1-37-21-25(20-36)23-2-5-32-28(16-23)31(41)19-35(45-32)9-14-39(15-10-35)33(42)24-17-29(38-11-6-22(7-12-38)34(43)44)27-8-13-40(26-3-4-26)30(27)18-24/h2,5,8,13,16-18,20-22,26,36-37H,3-4,6-7,9-12,14-15,19H2,1H3,(H,43,44)/b25-21+,36-20?. The van der Waals surface area contributed by atoms with Crippen molar-refractivity contribution < 1.29 is 24.2 Å². The largest absolute Gasteiger partial charge is 0.486 e. The van der Waals surface area contributed by atoms with Crippen molar-refractivity contribution in [3.05, 3.63) is 65.5 Å². The molecule has 4 heterocycles. The molecular weight excluding hydrogens is 570 g/mol. The number of nitrogens with zero attached hydrogens (tertiary/aromatic N) is 3. The summed E-state index contributed by atoms with van der Waals surface area (Å²) in [6, 6.07) is 12.1. The number of rotatable bonds is 7. The number of nitrogens with one attached hydrogen (secondary N) is 2. The Balaban J connectivity index is 1.10. The first-order valence-electron chi connectivity index (χ1n) is 16.0. The molecule has 2 aromatic carbocycles. The van der Waals surface area contributed by atoms with Crippen LogP contribution in [-0.4, -0.2) is 77.3 Å². The van der Waals surface area contributed by atoms with Crippen LogP contribution in [-0.2, 0) is 4.79 Å². The molecule has 0 atom stereocenters. The highest BCUT2D eigenvalue weighted by atomic mass is 16.5. The fourth-order valence-electron chi connectivity index (χ4n) is 7.28. The molecule has 3 aromatic rings. The number of ether oxygens (including phenoxy) is 1. The number of hydrogen-bond donors (Lipinski definition) is 3. The van der Waals surface area contributed by atoms with E-state index < -0.39 is 11.6 Å². The minimum atomic E-state index is -0.734. The number of aromatic nitrogens is 1. The van der Waals surface area contributed by atoms with Gasteiger partial charge in [0.25, 0.3) is 5.91 Å². The Morgan fingerprint density at radius 1 is 1.02 bits per heavy atom. The summed E-state index contributed by atoms with van der Waals surface area (Å²) >= 11 is 0. The van der Waals surface area contributed by atoms with Gasteiger partial charge < -0.3 is 34.9 Å². The Morgan fingerprint density at radius 2 is 1.78 bits per heavy atom. The number of piperidine rings is 2. The minimum Gasteiger partial charge on any atom is -0.486 e. The van der Waals surface area contributed by atoms with Crippen LogP contribution in [0.2, 0.25) is 0 Å². The number of aliphatic carboxylic acids is 1. The van der Waals surface area contributed by atoms with Crippen LogP contribution in [0, 0.1) is 11.3 Å². The number of carbonyl (C=O) groups excluding carboxylic acids is 2. The lowest BCUT2D eigenvalue weighted by Crippen LogP contribution is -2.52. The van der Waals surface area contributed by atoms with Crippen LogP contribution in [0.3, 0.4) is 0 Å². The van der Waals surface area contributed by atoms with Crippen molar-refractivity contribution in [1.82, 2.24) is 14.8 Å². The molecule has 3 aliphatic heterocycles. The van der Waals surface area contributed by atoms with Gasteiger partial charge in [0.15, 0.2) is 5.78 Å². The molecule has 0 bridgehead atoms. The van der Waals surface area contributed by atoms with E-state index in [2.05, 4.69) is 27.0 Å². The summed E-state index contributed by atoms with van der Waals surface area (Å²) in [6.45, 7) is 2.27. The summed E-state index contributed by atoms with van der Waals surface area (Å²) in [5.74, 6) is -0.502. The zero-order valence-corrected chi connectivity index (χ0v) is 25.6. The van der Waals surface area contributed by atoms with Crippen LogP contribution in [0.25, 0.3) is 16.5 Å². The molecule has 2 saturated heterocycles. The molecule has 10 nitrogen and oxygen atoms in total. The maximum atomic E-state index is 14.0. The van der Waals surface area contributed by atoms with Gasteiger partial charge in [0.1, 0.15) is 11.4 Å². The maximum absolute atomic E-state index is 14.0. The van der Waals surface area contributed by atoms with Gasteiger partial charge in [-0.05, 0) is 61.6 Å². The normalized spacial score (nSPS) is 20.2. The summed E-state index contributed by atoms with van der Waals surface area (Å²) in [5.41, 5.74) is 4.05. The minimum absolute atomic E-state index is 0.0225. The first-order chi connectivity index (χ1) is 21.8. The lowest BCUT2D eigenvalue weighted by Gasteiger charge is -2.44. The average molecular weight is 610 g/mol. The predicted molar refractivity (Wildman–Crippen MR) is 172 cm³/mol. The fourth-order valence-corrected chi connectivity index (χ4v) is 7.28. The third-order valence-corrected chi connectivity index (χ3v) is 10.0. The zero-order chi connectivity index (χ0) is 31.3. The van der Waals surface area contributed by atoms with Crippen molar-refractivity contribution in [1.29, 1.82) is 5.41 Å². The van der Waals surface area contributed by atoms with E-state index in [-0.39, 0.29) is 24.0 Å². The number of anilines is 1. The van der Waals surface area contributed by atoms with Gasteiger partial charge in [0.05, 0.1) is 23.4 Å². The number of amides is 1. The van der Waals surface area contributed by atoms with Crippen LogP contribution in [0.5, 0.6) is 5.75 Å². The van der Waals surface area contributed by atoms with Gasteiger partial charge in [-0.15, -0.1) is 0 Å². The van der Waals surface area contributed by atoms with Crippen LogP contribution in [0.15, 0.2) is 48.8 Å². The molecule has 1 saturated carbocycles. The van der Waals surface area contributed by atoms with Crippen molar-refractivity contribution in [3.8, 4) is 5.75 Å². The maximum Gasteiger partial charge on any atom is 0.306 e. The summed E-state index contributed by atoms with van der Waals surface area (Å²) in [7, 11) is 1.77. The van der Waals surface area contributed by atoms with Crippen molar-refractivity contribution in [2.45, 2.75) is 56.6 Å². The van der Waals surface area contributed by atoms with Gasteiger partial charge >= 0.3 is 5.97 Å². The lowest BCUT2D eigenvalue weighted by molar-refractivity contribution is -0.142. The first kappa shape index (κ1) is 29.1. The number of carboxylic acid groups (broad SMARTS) is 1. The first-order valence-corrected chi connectivity index (χ1v) is 16.0. The molecule has 0 radical (unpaired) electrons. The van der Waals surface area contributed by atoms with E-state index in [0.717, 1.165) is 35.0 Å². The highest BCUT2D eigenvalue weighted by molar-refractivity contribution is 6.10. The molecule has 7 rings (SSSR count). The van der Waals surface area contributed by atoms with Gasteiger partial charge in [-0.1, -0.05) is 6.07 Å². The van der Waals surface area contributed by atoms with Gasteiger partial charge in [0.2, 0.25) is 0 Å². The smallest absolute Gasteiger partial charge is 0.306 e. The van der Waals surface area contributed by atoms with Crippen LogP contribution >= 0.6 is 0 Å². The summed E-state index contributed by atoms with van der Waals surface area (Å²) < 4.78 is 8.80. The zero-order valence-electron chi connectivity index (χ0n) is 25.6. The van der Waals surface area contributed by atoms with Gasteiger partial charge in [0, 0.05) is 92.9 Å². The second-order valence-corrected chi connectivity index (χ2v) is 12.9. The topological polar surface area (TPSA) is 128 Å². The Kier molecular flexibility index (Phi) is 7.38. The van der Waals surface area contributed by atoms with E-state index >= 15 is 0 Å². The number of likely N-dealkylation sites (tertiary alicyclic amines) is 1. The summed E-state index contributed by atoms with van der Waals surface area (Å²) in [6.07, 6.45) is 9.94. The monoisotopic (exact) mass is 609 g/mol. The third-order valence-electron chi connectivity index (χ3n) is 10.0. The van der Waals surface area contributed by atoms with Crippen LogP contribution < -0.4 is 15.0 Å². The average Bonchev–Trinajstić information content (AvgIpc) is 3.81. The van der Waals surface area contributed by atoms with E-state index in [1.807, 2.05) is 29.2 Å². The molecule has 45 heavy (non-hydrogen) atoms. The number of carboxylic acids is 1. The molecular formula is C35H39N5O5. The van der Waals surface area contributed by atoms with E-state index in [1.165, 1.54) is 6.21 Å². The van der Waals surface area contributed by atoms with Crippen molar-refractivity contribution in [3.63, 3.8) is 0 Å². The Labute approximate surface area is 262 Å². The Morgan fingerprint density at radius 3 is 2.44 bits per heavy atom. The highest BCUT2D eigenvalue weighted by Crippen LogP contribution is 2.43. The fraction of sp³-hybridized carbons (Fsp3) is 0.429. The molecule has 1 amide bonds. The molecule has 3 fully saturated rings. The van der Waals surface area contributed by atoms with Crippen LogP contribution in [0.4, 0.5) is 5.69 Å². The molecule has 1 aliphatic carbocycles. The number of hydrogen-bond acceptors (Lipinski definition) is 7. The van der Waals surface area contributed by atoms with Crippen molar-refractivity contribution in [2.75, 3.05) is 38.1 Å². The molecule has 1 aromatic heterocycles. The Bertz CT molecular complexity index is 1720. The Hall–Kier alpha value is -4.60. The number of carbonyl (C=O) groups is 3. The molecule has 1 spiro atoms. The highest BCUT2D eigenvalue weighted by Gasteiger charge is 2.44. The van der Waals surface area contributed by atoms with E-state index in [9.17, 15) is 19.5 Å². The quantitative estimate of drug-likeness (QED) is 0.317. The van der Waals surface area contributed by atoms with E-state index in [0.29, 0.717) is 80.4 Å². The summed E-state index contributed by atoms with van der Waals surface area (Å²) in [5, 5.41) is 21.3. The molecule has 3 N–H and O–H groups in total. The van der Waals surface area contributed by atoms with E-state index in [1.54, 1.807) is 19.3 Å². The third kappa shape index (κ3) is 5.36. The van der Waals surface area contributed by atoms with Gasteiger partial charge in [-0.2, -0.15) is 0 Å². The number of ketones is 1. The number of Topliss-reactive ketones (excluding diaryl/α,β-unsaturated/α-hetero) is 1. The molecule has 0 unspecified atom stereocenters. The number of benzene rings is 2. The van der Waals surface area contributed by atoms with Gasteiger partial charge in [-0.25, -0.2) is 0 Å². The number of allylic oxidation sites excluding steroid dienone is 1. The van der Waals surface area contributed by atoms with Crippen LogP contribution in [0.1, 0.15) is 77.3 Å². The number of fused-ring (bicyclic) bond motifs is 2. The lowest BCUT2D eigenvalue weighted by atomic mass is 9.82. The predicted octanol–water partition coefficient (Wildman–Crippen LogP) is 5.13. The van der Waals surface area contributed by atoms with E-state index in [4.69, 9.17) is 10.1 Å².